The molecule has 1 aromatic carbocycles. The van der Waals surface area contributed by atoms with Crippen molar-refractivity contribution in [2.24, 2.45) is 5.92 Å². The van der Waals surface area contributed by atoms with Gasteiger partial charge in [0.25, 0.3) is 0 Å². The quantitative estimate of drug-likeness (QED) is 0.720. The van der Waals surface area contributed by atoms with Crippen molar-refractivity contribution in [1.29, 1.82) is 0 Å². The molecule has 0 aliphatic rings. The van der Waals surface area contributed by atoms with E-state index in [0.717, 1.165) is 17.8 Å². The van der Waals surface area contributed by atoms with Crippen molar-refractivity contribution in [2.75, 3.05) is 11.9 Å². The molecule has 1 rings (SSSR count). The van der Waals surface area contributed by atoms with Crippen LogP contribution in [-0.2, 0) is 0 Å². The SMILES string of the molecule is [CH2]c1cccc(NCC(C)C)c1. The Kier molecular flexibility index (Phi) is 3.15. The minimum absolute atomic E-state index is 0.679. The third-order valence-electron chi connectivity index (χ3n) is 1.64. The summed E-state index contributed by atoms with van der Waals surface area (Å²) in [6.07, 6.45) is 0. The first-order valence-electron chi connectivity index (χ1n) is 4.34. The summed E-state index contributed by atoms with van der Waals surface area (Å²) in [6.45, 7) is 9.28. The second-order valence-electron chi connectivity index (χ2n) is 3.48. The van der Waals surface area contributed by atoms with Crippen molar-refractivity contribution in [3.8, 4) is 0 Å². The van der Waals surface area contributed by atoms with E-state index in [-0.39, 0.29) is 0 Å². The van der Waals surface area contributed by atoms with Gasteiger partial charge in [-0.1, -0.05) is 26.0 Å². The maximum absolute atomic E-state index is 3.87. The molecule has 0 bridgehead atoms. The van der Waals surface area contributed by atoms with E-state index < -0.39 is 0 Å². The third-order valence-corrected chi connectivity index (χ3v) is 1.64. The molecular weight excluding hydrogens is 146 g/mol. The highest BCUT2D eigenvalue weighted by molar-refractivity contribution is 5.46. The van der Waals surface area contributed by atoms with Crippen molar-refractivity contribution in [3.05, 3.63) is 36.8 Å². The molecule has 65 valence electrons. The number of hydrogen-bond acceptors (Lipinski definition) is 1. The molecule has 0 unspecified atom stereocenters. The van der Waals surface area contributed by atoms with Gasteiger partial charge in [-0.2, -0.15) is 0 Å². The topological polar surface area (TPSA) is 12.0 Å². The van der Waals surface area contributed by atoms with Gasteiger partial charge >= 0.3 is 0 Å². The van der Waals surface area contributed by atoms with E-state index in [9.17, 15) is 0 Å². The van der Waals surface area contributed by atoms with Gasteiger partial charge in [0.2, 0.25) is 0 Å². The molecule has 0 atom stereocenters. The minimum atomic E-state index is 0.679. The van der Waals surface area contributed by atoms with Gasteiger partial charge in [0.05, 0.1) is 0 Å². The first kappa shape index (κ1) is 9.11. The Morgan fingerprint density at radius 3 is 2.75 bits per heavy atom. The van der Waals surface area contributed by atoms with Crippen molar-refractivity contribution >= 4 is 5.69 Å². The van der Waals surface area contributed by atoms with E-state index in [2.05, 4.69) is 38.2 Å². The molecule has 0 saturated heterocycles. The van der Waals surface area contributed by atoms with E-state index >= 15 is 0 Å². The number of benzene rings is 1. The summed E-state index contributed by atoms with van der Waals surface area (Å²) in [4.78, 5) is 0. The molecule has 0 spiro atoms. The zero-order chi connectivity index (χ0) is 8.97. The second-order valence-corrected chi connectivity index (χ2v) is 3.48. The van der Waals surface area contributed by atoms with E-state index in [1.165, 1.54) is 0 Å². The largest absolute Gasteiger partial charge is 0.385 e. The van der Waals surface area contributed by atoms with Crippen LogP contribution in [0.3, 0.4) is 0 Å². The normalized spacial score (nSPS) is 10.3. The summed E-state index contributed by atoms with van der Waals surface area (Å²) in [7, 11) is 0. The lowest BCUT2D eigenvalue weighted by molar-refractivity contribution is 0.689. The molecule has 0 aliphatic carbocycles. The summed E-state index contributed by atoms with van der Waals surface area (Å²) in [5.41, 5.74) is 2.22. The molecule has 1 heteroatoms. The van der Waals surface area contributed by atoms with Crippen LogP contribution < -0.4 is 5.32 Å². The standard InChI is InChI=1S/C11H16N/c1-9(2)8-12-11-6-4-5-10(3)7-11/h4-7,9,12H,3,8H2,1-2H3. The monoisotopic (exact) mass is 162 g/mol. The summed E-state index contributed by atoms with van der Waals surface area (Å²) in [5, 5.41) is 3.34. The maximum atomic E-state index is 3.87. The van der Waals surface area contributed by atoms with Gasteiger partial charge in [-0.15, -0.1) is 0 Å². The van der Waals surface area contributed by atoms with E-state index in [1.54, 1.807) is 0 Å². The molecule has 1 nitrogen and oxygen atoms in total. The highest BCUT2D eigenvalue weighted by atomic mass is 14.9. The molecular formula is C11H16N. The Hall–Kier alpha value is -0.980. The smallest absolute Gasteiger partial charge is 0.0343 e. The number of nitrogens with one attached hydrogen (secondary N) is 1. The number of anilines is 1. The van der Waals surface area contributed by atoms with Gasteiger partial charge in [-0.3, -0.25) is 0 Å². The Bertz CT molecular complexity index is 241. The van der Waals surface area contributed by atoms with Crippen molar-refractivity contribution < 1.29 is 0 Å². The van der Waals surface area contributed by atoms with Crippen LogP contribution >= 0.6 is 0 Å². The Labute approximate surface area is 74.8 Å². The molecule has 1 radical (unpaired) electrons. The molecule has 0 heterocycles. The zero-order valence-corrected chi connectivity index (χ0v) is 7.80. The fourth-order valence-corrected chi connectivity index (χ4v) is 1.00. The fraction of sp³-hybridized carbons (Fsp3) is 0.364. The molecule has 1 N–H and O–H groups in total. The summed E-state index contributed by atoms with van der Waals surface area (Å²) in [6, 6.07) is 8.14. The Morgan fingerprint density at radius 2 is 2.17 bits per heavy atom. The van der Waals surface area contributed by atoms with Gasteiger partial charge in [0.1, 0.15) is 0 Å². The van der Waals surface area contributed by atoms with Crippen LogP contribution in [0.2, 0.25) is 0 Å². The predicted molar refractivity (Wildman–Crippen MR) is 54.2 cm³/mol. The Balaban J connectivity index is 2.52. The maximum Gasteiger partial charge on any atom is 0.0343 e. The molecule has 0 saturated carbocycles. The average Bonchev–Trinajstić information content (AvgIpc) is 2.01. The van der Waals surface area contributed by atoms with Crippen LogP contribution in [-0.4, -0.2) is 6.54 Å². The molecule has 12 heavy (non-hydrogen) atoms. The third kappa shape index (κ3) is 2.95. The average molecular weight is 162 g/mol. The zero-order valence-electron chi connectivity index (χ0n) is 7.80. The van der Waals surface area contributed by atoms with Gasteiger partial charge in [0.15, 0.2) is 0 Å². The number of rotatable bonds is 3. The Morgan fingerprint density at radius 1 is 1.42 bits per heavy atom. The van der Waals surface area contributed by atoms with Crippen molar-refractivity contribution in [1.82, 2.24) is 0 Å². The van der Waals surface area contributed by atoms with Gasteiger partial charge in [0, 0.05) is 12.2 Å². The molecule has 1 aromatic rings. The van der Waals surface area contributed by atoms with Crippen molar-refractivity contribution in [2.45, 2.75) is 13.8 Å². The highest BCUT2D eigenvalue weighted by Gasteiger charge is 1.94. The first-order valence-corrected chi connectivity index (χ1v) is 4.34. The van der Waals surface area contributed by atoms with Crippen LogP contribution in [0.4, 0.5) is 5.69 Å². The predicted octanol–water partition coefficient (Wildman–Crippen LogP) is 2.94. The summed E-state index contributed by atoms with van der Waals surface area (Å²) in [5.74, 6) is 0.679. The van der Waals surface area contributed by atoms with Gasteiger partial charge in [-0.05, 0) is 30.5 Å². The van der Waals surface area contributed by atoms with E-state index in [1.807, 2.05) is 12.1 Å². The lowest BCUT2D eigenvalue weighted by Crippen LogP contribution is -2.07. The summed E-state index contributed by atoms with van der Waals surface area (Å²) >= 11 is 0. The second kappa shape index (κ2) is 4.15. The lowest BCUT2D eigenvalue weighted by Gasteiger charge is -2.08. The fourth-order valence-electron chi connectivity index (χ4n) is 1.00. The van der Waals surface area contributed by atoms with Crippen molar-refractivity contribution in [3.63, 3.8) is 0 Å². The van der Waals surface area contributed by atoms with E-state index in [4.69, 9.17) is 0 Å². The highest BCUT2D eigenvalue weighted by Crippen LogP contribution is 2.09. The molecule has 0 amide bonds. The molecule has 0 fully saturated rings. The lowest BCUT2D eigenvalue weighted by atomic mass is 10.2. The molecule has 0 aromatic heterocycles. The van der Waals surface area contributed by atoms with Crippen LogP contribution in [0.25, 0.3) is 0 Å². The first-order chi connectivity index (χ1) is 5.68. The van der Waals surface area contributed by atoms with E-state index in [0.29, 0.717) is 5.92 Å². The summed E-state index contributed by atoms with van der Waals surface area (Å²) < 4.78 is 0. The van der Waals surface area contributed by atoms with Crippen LogP contribution in [0.5, 0.6) is 0 Å². The van der Waals surface area contributed by atoms with Gasteiger partial charge < -0.3 is 5.32 Å². The van der Waals surface area contributed by atoms with Crippen LogP contribution in [0.15, 0.2) is 24.3 Å². The minimum Gasteiger partial charge on any atom is -0.385 e. The molecule has 0 aliphatic heterocycles. The number of hydrogen-bond donors (Lipinski definition) is 1. The van der Waals surface area contributed by atoms with Gasteiger partial charge in [-0.25, -0.2) is 0 Å². The van der Waals surface area contributed by atoms with Crippen LogP contribution in [0.1, 0.15) is 19.4 Å². The van der Waals surface area contributed by atoms with Crippen LogP contribution in [0, 0.1) is 12.8 Å².